The molecular weight excluding hydrogens is 192 g/mol. The Labute approximate surface area is 79.0 Å². The number of rotatable bonds is 1. The van der Waals surface area contributed by atoms with Gasteiger partial charge >= 0.3 is 5.97 Å². The second kappa shape index (κ2) is 2.81. The Balaban J connectivity index is 2.36. The van der Waals surface area contributed by atoms with E-state index in [4.69, 9.17) is 16.7 Å². The molecule has 0 aromatic rings. The van der Waals surface area contributed by atoms with E-state index < -0.39 is 5.97 Å². The maximum Gasteiger partial charge on any atom is 0.354 e. The van der Waals surface area contributed by atoms with Gasteiger partial charge in [0.2, 0.25) is 0 Å². The summed E-state index contributed by atoms with van der Waals surface area (Å²) in [5, 5.41) is 8.98. The van der Waals surface area contributed by atoms with Crippen molar-refractivity contribution in [2.75, 3.05) is 0 Å². The number of aliphatic carboxylic acids is 1. The van der Waals surface area contributed by atoms with Crippen molar-refractivity contribution in [1.82, 2.24) is 0 Å². The number of carboxylic acid groups (broad SMARTS) is 1. The van der Waals surface area contributed by atoms with Gasteiger partial charge in [-0.25, -0.2) is 14.8 Å². The number of halogens is 1. The van der Waals surface area contributed by atoms with E-state index in [2.05, 4.69) is 9.98 Å². The predicted molar refractivity (Wildman–Crippen MR) is 49.1 cm³/mol. The van der Waals surface area contributed by atoms with Crippen molar-refractivity contribution in [2.24, 2.45) is 15.9 Å². The lowest BCUT2D eigenvalue weighted by molar-refractivity contribution is -0.132. The van der Waals surface area contributed by atoms with Gasteiger partial charge < -0.3 is 5.11 Å². The molecule has 0 aliphatic carbocycles. The maximum atomic E-state index is 10.6. The molecule has 66 valence electrons. The molecule has 0 unspecified atom stereocenters. The molecule has 13 heavy (non-hydrogen) atoms. The molecule has 0 amide bonds. The van der Waals surface area contributed by atoms with Gasteiger partial charge in [-0.2, -0.15) is 0 Å². The van der Waals surface area contributed by atoms with Gasteiger partial charge in [-0.3, -0.25) is 0 Å². The van der Waals surface area contributed by atoms with Gasteiger partial charge in [0, 0.05) is 6.21 Å². The Morgan fingerprint density at radius 3 is 3.08 bits per heavy atom. The van der Waals surface area contributed by atoms with Crippen LogP contribution in [-0.2, 0) is 4.79 Å². The van der Waals surface area contributed by atoms with Crippen LogP contribution in [0.25, 0.3) is 0 Å². The molecule has 2 aliphatic heterocycles. The summed E-state index contributed by atoms with van der Waals surface area (Å²) in [4.78, 5) is 18.3. The number of hydrogen-bond donors (Lipinski definition) is 1. The second-order valence-corrected chi connectivity index (χ2v) is 3.05. The third-order valence-electron chi connectivity index (χ3n) is 1.77. The van der Waals surface area contributed by atoms with E-state index in [1.54, 1.807) is 18.4 Å². The van der Waals surface area contributed by atoms with Crippen LogP contribution in [0.4, 0.5) is 0 Å². The normalized spacial score (nSPS) is 24.7. The third kappa shape index (κ3) is 1.40. The summed E-state index contributed by atoms with van der Waals surface area (Å²) in [5.74, 6) is -1.16. The van der Waals surface area contributed by atoms with Crippen molar-refractivity contribution in [3.05, 3.63) is 23.0 Å². The van der Waals surface area contributed by atoms with Crippen LogP contribution < -0.4 is 0 Å². The lowest BCUT2D eigenvalue weighted by Crippen LogP contribution is -2.11. The number of allylic oxidation sites excluding steroid dienone is 2. The van der Waals surface area contributed by atoms with Crippen molar-refractivity contribution in [3.63, 3.8) is 0 Å². The SMILES string of the molecule is O=C(O)C1=C[C@@H]2C=NC(Cl)=CC2=N1. The molecule has 2 rings (SSSR count). The number of nitrogens with zero attached hydrogens (tertiary/aromatic N) is 2. The van der Waals surface area contributed by atoms with Crippen molar-refractivity contribution in [2.45, 2.75) is 0 Å². The van der Waals surface area contributed by atoms with Gasteiger partial charge in [-0.1, -0.05) is 11.6 Å². The van der Waals surface area contributed by atoms with Gasteiger partial charge in [0.25, 0.3) is 0 Å². The average Bonchev–Trinajstić information content (AvgIpc) is 2.46. The maximum absolute atomic E-state index is 10.6. The van der Waals surface area contributed by atoms with Crippen LogP contribution in [0.3, 0.4) is 0 Å². The molecule has 0 aromatic carbocycles. The highest BCUT2D eigenvalue weighted by molar-refractivity contribution is 6.33. The number of aliphatic imine (C=N–C) groups is 2. The van der Waals surface area contributed by atoms with Gasteiger partial charge in [0.05, 0.1) is 11.6 Å². The first-order valence-electron chi connectivity index (χ1n) is 3.62. The first kappa shape index (κ1) is 8.19. The lowest BCUT2D eigenvalue weighted by atomic mass is 10.0. The first-order chi connectivity index (χ1) is 6.16. The highest BCUT2D eigenvalue weighted by atomic mass is 35.5. The summed E-state index contributed by atoms with van der Waals surface area (Å²) in [7, 11) is 0. The minimum atomic E-state index is -1.03. The van der Waals surface area contributed by atoms with Crippen molar-refractivity contribution < 1.29 is 9.90 Å². The fraction of sp³-hybridized carbons (Fsp3) is 0.125. The molecule has 0 bridgehead atoms. The Morgan fingerprint density at radius 1 is 1.62 bits per heavy atom. The molecule has 4 nitrogen and oxygen atoms in total. The molecule has 0 aromatic heterocycles. The minimum absolute atomic E-state index is 0.0501. The molecule has 1 atom stereocenters. The van der Waals surface area contributed by atoms with Crippen molar-refractivity contribution >= 4 is 29.5 Å². The summed E-state index contributed by atoms with van der Waals surface area (Å²) in [6, 6.07) is 0. The summed E-state index contributed by atoms with van der Waals surface area (Å²) < 4.78 is 0. The van der Waals surface area contributed by atoms with Crippen LogP contribution in [0.15, 0.2) is 33.0 Å². The predicted octanol–water partition coefficient (Wildman–Crippen LogP) is 1.19. The number of carboxylic acids is 1. The van der Waals surface area contributed by atoms with Crippen LogP contribution in [-0.4, -0.2) is 23.0 Å². The minimum Gasteiger partial charge on any atom is -0.477 e. The number of fused-ring (bicyclic) bond motifs is 1. The van der Waals surface area contributed by atoms with Gasteiger partial charge in [0.15, 0.2) is 0 Å². The molecule has 2 heterocycles. The molecule has 0 radical (unpaired) electrons. The topological polar surface area (TPSA) is 62.0 Å². The molecule has 2 aliphatic rings. The molecule has 0 spiro atoms. The highest BCUT2D eigenvalue weighted by Crippen LogP contribution is 2.22. The molecule has 1 N–H and O–H groups in total. The molecular formula is C8H5ClN2O2. The van der Waals surface area contributed by atoms with Gasteiger partial charge in [-0.15, -0.1) is 0 Å². The summed E-state index contributed by atoms with van der Waals surface area (Å²) in [6.45, 7) is 0. The largest absolute Gasteiger partial charge is 0.477 e. The Morgan fingerprint density at radius 2 is 2.38 bits per heavy atom. The molecule has 0 saturated heterocycles. The Hall–Kier alpha value is -1.42. The second-order valence-electron chi connectivity index (χ2n) is 2.66. The van der Waals surface area contributed by atoms with E-state index in [0.29, 0.717) is 10.9 Å². The van der Waals surface area contributed by atoms with E-state index in [-0.39, 0.29) is 11.6 Å². The fourth-order valence-corrected chi connectivity index (χ4v) is 1.35. The van der Waals surface area contributed by atoms with Crippen molar-refractivity contribution in [3.8, 4) is 0 Å². The monoisotopic (exact) mass is 196 g/mol. The van der Waals surface area contributed by atoms with E-state index in [1.165, 1.54) is 0 Å². The zero-order valence-electron chi connectivity index (χ0n) is 6.44. The third-order valence-corrected chi connectivity index (χ3v) is 1.98. The smallest absolute Gasteiger partial charge is 0.354 e. The summed E-state index contributed by atoms with van der Waals surface area (Å²) in [5.41, 5.74) is 0.687. The van der Waals surface area contributed by atoms with E-state index >= 15 is 0 Å². The van der Waals surface area contributed by atoms with Crippen molar-refractivity contribution in [1.29, 1.82) is 0 Å². The fourth-order valence-electron chi connectivity index (χ4n) is 1.18. The van der Waals surface area contributed by atoms with Gasteiger partial charge in [0.1, 0.15) is 10.9 Å². The van der Waals surface area contributed by atoms with Crippen LogP contribution in [0.1, 0.15) is 0 Å². The van der Waals surface area contributed by atoms with Crippen LogP contribution >= 0.6 is 11.6 Å². The van der Waals surface area contributed by atoms with Crippen LogP contribution in [0.5, 0.6) is 0 Å². The zero-order valence-corrected chi connectivity index (χ0v) is 7.19. The quantitative estimate of drug-likeness (QED) is 0.641. The molecule has 0 saturated carbocycles. The van der Waals surface area contributed by atoms with E-state index in [0.717, 1.165) is 0 Å². The lowest BCUT2D eigenvalue weighted by Gasteiger charge is -2.05. The molecule has 5 heteroatoms. The number of hydrogen-bond acceptors (Lipinski definition) is 3. The average molecular weight is 197 g/mol. The first-order valence-corrected chi connectivity index (χ1v) is 4.00. The highest BCUT2D eigenvalue weighted by Gasteiger charge is 2.23. The standard InChI is InChI=1S/C8H5ClN2O2/c9-7-2-5-4(3-10-7)1-6(11-5)8(12)13/h1-4H,(H,12,13)/t4-/m1/s1. The number of carbonyl (C=O) groups is 1. The summed E-state index contributed by atoms with van der Waals surface area (Å²) in [6.07, 6.45) is 4.69. The summed E-state index contributed by atoms with van der Waals surface area (Å²) >= 11 is 5.62. The van der Waals surface area contributed by atoms with Crippen LogP contribution in [0, 0.1) is 5.92 Å². The van der Waals surface area contributed by atoms with E-state index in [9.17, 15) is 4.79 Å². The van der Waals surface area contributed by atoms with E-state index in [1.807, 2.05) is 0 Å². The zero-order chi connectivity index (χ0) is 9.42. The Bertz CT molecular complexity index is 393. The Kier molecular flexibility index (Phi) is 1.77. The van der Waals surface area contributed by atoms with Gasteiger partial charge in [-0.05, 0) is 12.2 Å². The molecule has 0 fully saturated rings. The van der Waals surface area contributed by atoms with Crippen LogP contribution in [0.2, 0.25) is 0 Å².